The number of aromatic nitrogens is 4. The second kappa shape index (κ2) is 23.4. The number of nitriles is 2. The van der Waals surface area contributed by atoms with Crippen LogP contribution in [0.3, 0.4) is 0 Å². The monoisotopic (exact) mass is 954 g/mol. The Morgan fingerprint density at radius 3 is 1.99 bits per heavy atom. The number of amides is 2. The van der Waals surface area contributed by atoms with Gasteiger partial charge in [0.1, 0.15) is 77.2 Å². The fourth-order valence-corrected chi connectivity index (χ4v) is 7.10. The highest BCUT2D eigenvalue weighted by Crippen LogP contribution is 2.39. The van der Waals surface area contributed by atoms with Crippen LogP contribution in [0.15, 0.2) is 158 Å². The molecule has 1 fully saturated rings. The van der Waals surface area contributed by atoms with E-state index in [0.29, 0.717) is 48.4 Å². The topological polar surface area (TPSA) is 238 Å². The number of nitrogens with zero attached hydrogens (tertiary/aromatic N) is 7. The van der Waals surface area contributed by atoms with Gasteiger partial charge < -0.3 is 40.6 Å². The zero-order valence-electron chi connectivity index (χ0n) is 37.9. The minimum absolute atomic E-state index is 0.0315. The number of hydrogen-bond acceptors (Lipinski definition) is 14. The first-order valence-corrected chi connectivity index (χ1v) is 21.8. The Balaban J connectivity index is 0.000000209. The molecule has 7 aromatic rings. The molecule has 16 nitrogen and oxygen atoms in total. The highest BCUT2D eigenvalue weighted by Gasteiger charge is 2.26. The van der Waals surface area contributed by atoms with Crippen molar-refractivity contribution in [2.75, 3.05) is 36.5 Å². The second-order valence-corrected chi connectivity index (χ2v) is 15.7. The molecular formula is C53H44F2N10O6. The van der Waals surface area contributed by atoms with Crippen LogP contribution in [0.1, 0.15) is 18.4 Å². The molecule has 8 rings (SSSR count). The third-order valence-electron chi connectivity index (χ3n) is 10.8. The minimum atomic E-state index is -0.827. The lowest BCUT2D eigenvalue weighted by Gasteiger charge is -2.31. The molecule has 0 radical (unpaired) electrons. The number of halogens is 2. The highest BCUT2D eigenvalue weighted by molar-refractivity contribution is 6.06. The molecule has 0 spiro atoms. The molecule has 1 aliphatic heterocycles. The van der Waals surface area contributed by atoms with Gasteiger partial charge in [0.15, 0.2) is 11.6 Å². The summed E-state index contributed by atoms with van der Waals surface area (Å²) in [6, 6.07) is 37.6. The van der Waals surface area contributed by atoms with Crippen LogP contribution in [0.25, 0.3) is 22.3 Å². The van der Waals surface area contributed by atoms with E-state index < -0.39 is 17.5 Å². The second-order valence-electron chi connectivity index (χ2n) is 15.7. The van der Waals surface area contributed by atoms with Crippen LogP contribution < -0.4 is 35.7 Å². The number of nitrogens with one attached hydrogen (secondary N) is 1. The van der Waals surface area contributed by atoms with Crippen molar-refractivity contribution in [3.8, 4) is 69.2 Å². The van der Waals surface area contributed by atoms with Crippen molar-refractivity contribution in [3.63, 3.8) is 0 Å². The number of rotatable bonds is 15. The highest BCUT2D eigenvalue weighted by atomic mass is 19.1. The Labute approximate surface area is 407 Å². The van der Waals surface area contributed by atoms with Crippen molar-refractivity contribution in [3.05, 3.63) is 175 Å². The van der Waals surface area contributed by atoms with Gasteiger partial charge in [-0.2, -0.15) is 10.5 Å². The van der Waals surface area contributed by atoms with Gasteiger partial charge in [0.25, 0.3) is 11.8 Å². The van der Waals surface area contributed by atoms with E-state index in [2.05, 4.69) is 38.4 Å². The molecule has 18 heteroatoms. The normalized spacial score (nSPS) is 11.9. The molecule has 0 atom stereocenters. The molecule has 3 heterocycles. The molecular weight excluding hydrogens is 911 g/mol. The van der Waals surface area contributed by atoms with Crippen molar-refractivity contribution in [1.29, 1.82) is 10.5 Å². The number of likely N-dealkylation sites (tertiary alicyclic amines) is 1. The van der Waals surface area contributed by atoms with Gasteiger partial charge in [-0.15, -0.1) is 0 Å². The summed E-state index contributed by atoms with van der Waals surface area (Å²) in [6.45, 7) is 8.48. The predicted octanol–water partition coefficient (Wildman–Crippen LogP) is 9.61. The number of hydrogen-bond donors (Lipinski definition) is 3. The first-order chi connectivity index (χ1) is 34.4. The molecule has 1 saturated heterocycles. The maximum atomic E-state index is 15.2. The summed E-state index contributed by atoms with van der Waals surface area (Å²) in [5.41, 5.74) is 14.1. The van der Waals surface area contributed by atoms with Crippen LogP contribution in [0.4, 0.5) is 26.1 Å². The number of piperidine rings is 1. The first-order valence-electron chi connectivity index (χ1n) is 21.8. The lowest BCUT2D eigenvalue weighted by Crippen LogP contribution is -2.40. The van der Waals surface area contributed by atoms with E-state index in [1.165, 1.54) is 12.4 Å². The van der Waals surface area contributed by atoms with Gasteiger partial charge >= 0.3 is 0 Å². The number of para-hydroxylation sites is 1. The number of carbonyl (C=O) groups is 2. The predicted molar refractivity (Wildman–Crippen MR) is 260 cm³/mol. The fraction of sp³-hybridized carbons (Fsp3) is 0.132. The van der Waals surface area contributed by atoms with Crippen LogP contribution in [-0.2, 0) is 16.2 Å². The van der Waals surface area contributed by atoms with E-state index in [-0.39, 0.29) is 63.9 Å². The Bertz CT molecular complexity index is 3140. The quantitative estimate of drug-likeness (QED) is 0.0641. The molecule has 0 unspecified atom stereocenters. The molecule has 0 saturated carbocycles. The third-order valence-corrected chi connectivity index (χ3v) is 10.8. The average Bonchev–Trinajstić information content (AvgIpc) is 3.39. The standard InChI is InChI=1S/C27H19F2N5O3.C26H25N5O3/c1-16(13-30)26(35)34-18-8-5-9-19(10-18)37-27-24(25(31)32-15-33-27)20-11-22(29)23(12-21(20)28)36-14-17-6-3-2-4-7-17;1-18(15-27)26(32)31-13-11-19(12-14-31)16-33-25-23(24(28)29-17-30-25)20-7-9-22(10-8-20)34-21-5-3-2-4-6-21/h2-12,15H,1,14H2,(H,34,35)(H2,31,32,33);2-10,17,19H,1,11-14,16H2,(H2,28,29,30). The van der Waals surface area contributed by atoms with Crippen LogP contribution in [0.2, 0.25) is 0 Å². The zero-order chi connectivity index (χ0) is 50.3. The number of ether oxygens (including phenoxy) is 4. The Morgan fingerprint density at radius 1 is 0.690 bits per heavy atom. The van der Waals surface area contributed by atoms with Crippen molar-refractivity contribution < 1.29 is 37.3 Å². The molecule has 0 aliphatic carbocycles. The van der Waals surface area contributed by atoms with E-state index in [1.54, 1.807) is 41.3 Å². The summed E-state index contributed by atoms with van der Waals surface area (Å²) in [5.74, 6) is -0.525. The maximum absolute atomic E-state index is 15.2. The average molecular weight is 955 g/mol. The van der Waals surface area contributed by atoms with E-state index in [0.717, 1.165) is 48.2 Å². The van der Waals surface area contributed by atoms with E-state index in [4.69, 9.17) is 40.9 Å². The number of carbonyl (C=O) groups excluding carboxylic acids is 2. The minimum Gasteiger partial charge on any atom is -0.486 e. The van der Waals surface area contributed by atoms with Gasteiger partial charge in [0.2, 0.25) is 11.8 Å². The Morgan fingerprint density at radius 2 is 1.31 bits per heavy atom. The van der Waals surface area contributed by atoms with Crippen LogP contribution in [-0.4, -0.2) is 56.3 Å². The largest absolute Gasteiger partial charge is 0.486 e. The smallest absolute Gasteiger partial charge is 0.265 e. The fourth-order valence-electron chi connectivity index (χ4n) is 7.10. The summed E-state index contributed by atoms with van der Waals surface area (Å²) in [5, 5.41) is 20.2. The number of anilines is 3. The molecule has 5 aromatic carbocycles. The summed E-state index contributed by atoms with van der Waals surface area (Å²) in [6.07, 6.45) is 4.04. The molecule has 356 valence electrons. The van der Waals surface area contributed by atoms with Crippen molar-refractivity contribution >= 4 is 29.1 Å². The van der Waals surface area contributed by atoms with Gasteiger partial charge in [-0.1, -0.05) is 79.9 Å². The Kier molecular flexibility index (Phi) is 16.2. The van der Waals surface area contributed by atoms with Crippen molar-refractivity contribution in [1.82, 2.24) is 24.8 Å². The number of benzene rings is 5. The van der Waals surface area contributed by atoms with Crippen molar-refractivity contribution in [2.45, 2.75) is 19.4 Å². The zero-order valence-corrected chi connectivity index (χ0v) is 37.9. The van der Waals surface area contributed by atoms with Gasteiger partial charge in [-0.25, -0.2) is 28.7 Å². The van der Waals surface area contributed by atoms with Crippen LogP contribution in [0, 0.1) is 40.2 Å². The summed E-state index contributed by atoms with van der Waals surface area (Å²) >= 11 is 0. The lowest BCUT2D eigenvalue weighted by molar-refractivity contribution is -0.128. The van der Waals surface area contributed by atoms with E-state index >= 15 is 4.39 Å². The van der Waals surface area contributed by atoms with Crippen LogP contribution in [0.5, 0.6) is 34.8 Å². The van der Waals surface area contributed by atoms with Gasteiger partial charge in [-0.05, 0) is 72.4 Å². The Hall–Kier alpha value is -9.68. The third kappa shape index (κ3) is 12.9. The summed E-state index contributed by atoms with van der Waals surface area (Å²) in [4.78, 5) is 42.1. The lowest BCUT2D eigenvalue weighted by atomic mass is 9.97. The molecule has 5 N–H and O–H groups in total. The molecule has 2 amide bonds. The molecule has 2 aromatic heterocycles. The van der Waals surface area contributed by atoms with Gasteiger partial charge in [0.05, 0.1) is 17.7 Å². The van der Waals surface area contributed by atoms with Gasteiger partial charge in [-0.3, -0.25) is 9.59 Å². The SMILES string of the molecule is C=C(C#N)C(=O)N1CCC(COc2ncnc(N)c2-c2ccc(Oc3ccccc3)cc2)CC1.C=C(C#N)C(=O)Nc1cccc(Oc2ncnc(N)c2-c2cc(F)c(OCc3ccccc3)cc2F)c1. The summed E-state index contributed by atoms with van der Waals surface area (Å²) in [7, 11) is 0. The van der Waals surface area contributed by atoms with Crippen molar-refractivity contribution in [2.24, 2.45) is 5.92 Å². The molecule has 0 bridgehead atoms. The molecule has 71 heavy (non-hydrogen) atoms. The number of nitrogens with two attached hydrogens (primary N) is 2. The van der Waals surface area contributed by atoms with E-state index in [9.17, 15) is 14.0 Å². The molecule has 1 aliphatic rings. The van der Waals surface area contributed by atoms with Crippen LogP contribution >= 0.6 is 0 Å². The summed E-state index contributed by atoms with van der Waals surface area (Å²) < 4.78 is 53.2. The number of nitrogen functional groups attached to an aromatic ring is 2. The van der Waals surface area contributed by atoms with E-state index in [1.807, 2.05) is 78.9 Å². The van der Waals surface area contributed by atoms with Gasteiger partial charge in [0, 0.05) is 36.5 Å². The maximum Gasteiger partial charge on any atom is 0.265 e. The first kappa shape index (κ1) is 49.2.